The van der Waals surface area contributed by atoms with E-state index in [2.05, 4.69) is 10.3 Å². The first-order chi connectivity index (χ1) is 10.3. The van der Waals surface area contributed by atoms with Crippen molar-refractivity contribution >= 4 is 5.91 Å². The van der Waals surface area contributed by atoms with Gasteiger partial charge in [0.1, 0.15) is 0 Å². The second-order valence-electron chi connectivity index (χ2n) is 6.37. The molecule has 2 aromatic rings. The molecule has 1 amide bonds. The van der Waals surface area contributed by atoms with Crippen molar-refractivity contribution in [2.24, 2.45) is 5.41 Å². The predicted octanol–water partition coefficient (Wildman–Crippen LogP) is 1.75. The second-order valence-corrected chi connectivity index (χ2v) is 6.37. The average Bonchev–Trinajstić information content (AvgIpc) is 3.00. The van der Waals surface area contributed by atoms with Crippen molar-refractivity contribution in [1.82, 2.24) is 19.9 Å². The van der Waals surface area contributed by atoms with E-state index in [1.165, 1.54) is 0 Å². The van der Waals surface area contributed by atoms with E-state index in [1.807, 2.05) is 32.9 Å². The van der Waals surface area contributed by atoms with Crippen LogP contribution >= 0.6 is 0 Å². The number of nitrogens with zero attached hydrogens (tertiary/aromatic N) is 4. The van der Waals surface area contributed by atoms with E-state index in [9.17, 15) is 9.90 Å². The highest BCUT2D eigenvalue weighted by Gasteiger charge is 2.30. The van der Waals surface area contributed by atoms with Crippen LogP contribution in [0.4, 0.5) is 0 Å². The summed E-state index contributed by atoms with van der Waals surface area (Å²) in [7, 11) is 1.72. The lowest BCUT2D eigenvalue weighted by atomic mass is 9.86. The van der Waals surface area contributed by atoms with Crippen LogP contribution in [0.2, 0.25) is 0 Å². The summed E-state index contributed by atoms with van der Waals surface area (Å²) in [6.45, 7) is 5.95. The Bertz CT molecular complexity index is 615. The molecule has 0 saturated heterocycles. The summed E-state index contributed by atoms with van der Waals surface area (Å²) in [6.07, 6.45) is 3.34. The number of aliphatic hydroxyl groups excluding tert-OH is 1. The van der Waals surface area contributed by atoms with Gasteiger partial charge >= 0.3 is 0 Å². The summed E-state index contributed by atoms with van der Waals surface area (Å²) >= 11 is 0. The monoisotopic (exact) mass is 302 g/mol. The molecule has 0 aliphatic heterocycles. The highest BCUT2D eigenvalue weighted by atomic mass is 16.3. The van der Waals surface area contributed by atoms with E-state index in [-0.39, 0.29) is 24.0 Å². The van der Waals surface area contributed by atoms with E-state index < -0.39 is 0 Å². The Labute approximate surface area is 130 Å². The Morgan fingerprint density at radius 1 is 1.32 bits per heavy atom. The molecule has 1 aromatic carbocycles. The van der Waals surface area contributed by atoms with Gasteiger partial charge in [0.15, 0.2) is 0 Å². The fraction of sp³-hybridized carbons (Fsp3) is 0.438. The summed E-state index contributed by atoms with van der Waals surface area (Å²) in [4.78, 5) is 14.2. The van der Waals surface area contributed by atoms with Crippen LogP contribution in [0.3, 0.4) is 0 Å². The molecular formula is C16H22N4O2. The topological polar surface area (TPSA) is 71.2 Å². The first kappa shape index (κ1) is 16.2. The number of benzene rings is 1. The molecule has 118 valence electrons. The van der Waals surface area contributed by atoms with Crippen molar-refractivity contribution in [3.05, 3.63) is 42.2 Å². The number of rotatable bonds is 4. The van der Waals surface area contributed by atoms with E-state index in [4.69, 9.17) is 0 Å². The lowest BCUT2D eigenvalue weighted by Crippen LogP contribution is -2.47. The van der Waals surface area contributed by atoms with Crippen molar-refractivity contribution in [1.29, 1.82) is 0 Å². The molecule has 0 saturated carbocycles. The number of carbonyl (C=O) groups is 1. The van der Waals surface area contributed by atoms with Gasteiger partial charge in [-0.2, -0.15) is 0 Å². The summed E-state index contributed by atoms with van der Waals surface area (Å²) < 4.78 is 1.63. The lowest BCUT2D eigenvalue weighted by molar-refractivity contribution is 0.0434. The molecule has 1 heterocycles. The van der Waals surface area contributed by atoms with Gasteiger partial charge in [0.2, 0.25) is 0 Å². The van der Waals surface area contributed by atoms with E-state index >= 15 is 0 Å². The van der Waals surface area contributed by atoms with Crippen molar-refractivity contribution in [3.63, 3.8) is 0 Å². The third kappa shape index (κ3) is 3.33. The van der Waals surface area contributed by atoms with Gasteiger partial charge in [-0.1, -0.05) is 26.0 Å². The molecule has 0 aliphatic rings. The zero-order valence-electron chi connectivity index (χ0n) is 13.4. The lowest BCUT2D eigenvalue weighted by Gasteiger charge is -2.36. The van der Waals surface area contributed by atoms with Crippen LogP contribution in [0.15, 0.2) is 36.7 Å². The number of hydrogen-bond acceptors (Lipinski definition) is 4. The summed E-state index contributed by atoms with van der Waals surface area (Å²) in [6, 6.07) is 6.91. The molecule has 0 radical (unpaired) electrons. The normalized spacial score (nSPS) is 13.0. The maximum Gasteiger partial charge on any atom is 0.253 e. The molecule has 0 unspecified atom stereocenters. The standard InChI is InChI=1S/C16H22N4O2/c1-16(2,3)14(11-21)19(4)15(22)12-5-7-13(8-6-12)20-10-9-17-18-20/h5-10,14,21H,11H2,1-4H3/t14-/m0/s1. The molecule has 0 fully saturated rings. The molecular weight excluding hydrogens is 280 g/mol. The molecule has 1 aromatic heterocycles. The SMILES string of the molecule is CN(C(=O)c1ccc(-n2ccnn2)cc1)[C@@H](CO)C(C)(C)C. The number of carbonyl (C=O) groups excluding carboxylic acids is 1. The quantitative estimate of drug-likeness (QED) is 0.934. The van der Waals surface area contributed by atoms with Crippen molar-refractivity contribution < 1.29 is 9.90 Å². The smallest absolute Gasteiger partial charge is 0.253 e. The zero-order valence-corrected chi connectivity index (χ0v) is 13.4. The molecule has 0 aliphatic carbocycles. The first-order valence-corrected chi connectivity index (χ1v) is 7.19. The third-order valence-corrected chi connectivity index (χ3v) is 3.76. The van der Waals surface area contributed by atoms with Crippen LogP contribution < -0.4 is 0 Å². The zero-order chi connectivity index (χ0) is 16.3. The van der Waals surface area contributed by atoms with Gasteiger partial charge in [0.25, 0.3) is 5.91 Å². The molecule has 1 atom stereocenters. The van der Waals surface area contributed by atoms with Gasteiger partial charge in [0.05, 0.1) is 30.7 Å². The summed E-state index contributed by atoms with van der Waals surface area (Å²) in [5.74, 6) is -0.112. The Hall–Kier alpha value is -2.21. The molecule has 2 rings (SSSR count). The Morgan fingerprint density at radius 2 is 1.95 bits per heavy atom. The van der Waals surface area contributed by atoms with E-state index in [1.54, 1.807) is 41.2 Å². The van der Waals surface area contributed by atoms with Crippen LogP contribution in [0.5, 0.6) is 0 Å². The van der Waals surface area contributed by atoms with E-state index in [0.29, 0.717) is 5.56 Å². The van der Waals surface area contributed by atoms with Crippen LogP contribution in [0.25, 0.3) is 5.69 Å². The third-order valence-electron chi connectivity index (χ3n) is 3.76. The van der Waals surface area contributed by atoms with Crippen LogP contribution in [0, 0.1) is 5.41 Å². The van der Waals surface area contributed by atoms with Crippen LogP contribution in [-0.4, -0.2) is 50.6 Å². The fourth-order valence-corrected chi connectivity index (χ4v) is 2.43. The van der Waals surface area contributed by atoms with Gasteiger partial charge in [-0.15, -0.1) is 5.10 Å². The van der Waals surface area contributed by atoms with Crippen LogP contribution in [0.1, 0.15) is 31.1 Å². The second kappa shape index (κ2) is 6.27. The van der Waals surface area contributed by atoms with Gasteiger partial charge in [-0.3, -0.25) is 4.79 Å². The van der Waals surface area contributed by atoms with Crippen LogP contribution in [-0.2, 0) is 0 Å². The number of hydrogen-bond donors (Lipinski definition) is 1. The number of aliphatic hydroxyl groups is 1. The molecule has 1 N–H and O–H groups in total. The largest absolute Gasteiger partial charge is 0.394 e. The minimum atomic E-state index is -0.241. The highest BCUT2D eigenvalue weighted by Crippen LogP contribution is 2.24. The predicted molar refractivity (Wildman–Crippen MR) is 83.8 cm³/mol. The van der Waals surface area contributed by atoms with Crippen molar-refractivity contribution in [3.8, 4) is 5.69 Å². The molecule has 22 heavy (non-hydrogen) atoms. The fourth-order valence-electron chi connectivity index (χ4n) is 2.43. The van der Waals surface area contributed by atoms with Gasteiger partial charge < -0.3 is 10.0 Å². The Balaban J connectivity index is 2.19. The maximum atomic E-state index is 12.6. The molecule has 6 nitrogen and oxygen atoms in total. The Morgan fingerprint density at radius 3 is 2.41 bits per heavy atom. The molecule has 0 bridgehead atoms. The number of likely N-dealkylation sites (N-methyl/N-ethyl adjacent to an activating group) is 1. The molecule has 0 spiro atoms. The minimum Gasteiger partial charge on any atom is -0.394 e. The average molecular weight is 302 g/mol. The Kier molecular flexibility index (Phi) is 4.61. The van der Waals surface area contributed by atoms with E-state index in [0.717, 1.165) is 5.69 Å². The van der Waals surface area contributed by atoms with Gasteiger partial charge in [0, 0.05) is 12.6 Å². The minimum absolute atomic E-state index is 0.0667. The summed E-state index contributed by atoms with van der Waals surface area (Å²) in [5.41, 5.74) is 1.22. The summed E-state index contributed by atoms with van der Waals surface area (Å²) in [5, 5.41) is 17.2. The van der Waals surface area contributed by atoms with Crippen molar-refractivity contribution in [2.75, 3.05) is 13.7 Å². The van der Waals surface area contributed by atoms with Gasteiger partial charge in [-0.25, -0.2) is 4.68 Å². The van der Waals surface area contributed by atoms with Gasteiger partial charge in [-0.05, 0) is 29.7 Å². The van der Waals surface area contributed by atoms with Crippen molar-refractivity contribution in [2.45, 2.75) is 26.8 Å². The molecule has 6 heteroatoms. The number of aromatic nitrogens is 3. The highest BCUT2D eigenvalue weighted by molar-refractivity contribution is 5.94. The number of amides is 1. The first-order valence-electron chi connectivity index (χ1n) is 7.19. The maximum absolute atomic E-state index is 12.6.